The van der Waals surface area contributed by atoms with Gasteiger partial charge in [-0.15, -0.1) is 0 Å². The van der Waals surface area contributed by atoms with E-state index >= 15 is 0 Å². The van der Waals surface area contributed by atoms with Crippen LogP contribution in [0.1, 0.15) is 24.0 Å². The zero-order valence-electron chi connectivity index (χ0n) is 16.5. The fourth-order valence-electron chi connectivity index (χ4n) is 3.88. The molecule has 4 rings (SSSR count). The molecule has 0 saturated carbocycles. The molecule has 2 N–H and O–H groups in total. The maximum Gasteiger partial charge on any atom is 0.161 e. The number of ether oxygens (including phenoxy) is 2. The van der Waals surface area contributed by atoms with Crippen LogP contribution in [0.25, 0.3) is 10.9 Å². The molecule has 28 heavy (non-hydrogen) atoms. The van der Waals surface area contributed by atoms with Gasteiger partial charge in [0, 0.05) is 36.7 Å². The van der Waals surface area contributed by atoms with Crippen molar-refractivity contribution >= 4 is 10.9 Å². The van der Waals surface area contributed by atoms with E-state index in [1.165, 1.54) is 48.0 Å². The van der Waals surface area contributed by atoms with Crippen LogP contribution in [-0.2, 0) is 13.1 Å². The molecule has 1 aliphatic heterocycles. The van der Waals surface area contributed by atoms with E-state index in [1.807, 2.05) is 12.3 Å². The second-order valence-corrected chi connectivity index (χ2v) is 7.34. The Morgan fingerprint density at radius 2 is 1.93 bits per heavy atom. The van der Waals surface area contributed by atoms with Crippen LogP contribution in [0.15, 0.2) is 48.7 Å². The third-order valence-corrected chi connectivity index (χ3v) is 5.42. The molecule has 1 aromatic heterocycles. The number of likely N-dealkylation sites (tertiary alicyclic amines) is 1. The van der Waals surface area contributed by atoms with Crippen molar-refractivity contribution in [3.63, 3.8) is 0 Å². The highest BCUT2D eigenvalue weighted by Crippen LogP contribution is 2.28. The first-order valence-electron chi connectivity index (χ1n) is 10.1. The lowest BCUT2D eigenvalue weighted by Gasteiger charge is -2.16. The molecule has 0 radical (unpaired) electrons. The Balaban J connectivity index is 1.31. The second-order valence-electron chi connectivity index (χ2n) is 7.34. The van der Waals surface area contributed by atoms with Crippen molar-refractivity contribution in [1.29, 1.82) is 0 Å². The van der Waals surface area contributed by atoms with Crippen molar-refractivity contribution in [2.45, 2.75) is 25.9 Å². The maximum absolute atomic E-state index is 5.97. The Bertz CT molecular complexity index is 900. The number of benzene rings is 2. The summed E-state index contributed by atoms with van der Waals surface area (Å²) in [4.78, 5) is 5.72. The summed E-state index contributed by atoms with van der Waals surface area (Å²) >= 11 is 0. The van der Waals surface area contributed by atoms with Crippen LogP contribution in [0.4, 0.5) is 0 Å². The third-order valence-electron chi connectivity index (χ3n) is 5.42. The van der Waals surface area contributed by atoms with Gasteiger partial charge in [-0.25, -0.2) is 0 Å². The van der Waals surface area contributed by atoms with Crippen molar-refractivity contribution in [3.8, 4) is 11.5 Å². The Labute approximate surface area is 166 Å². The number of hydrogen-bond acceptors (Lipinski definition) is 4. The minimum Gasteiger partial charge on any atom is -0.493 e. The number of fused-ring (bicyclic) bond motifs is 1. The lowest BCUT2D eigenvalue weighted by Crippen LogP contribution is -2.25. The highest BCUT2D eigenvalue weighted by molar-refractivity contribution is 5.82. The van der Waals surface area contributed by atoms with Crippen molar-refractivity contribution < 1.29 is 9.47 Å². The largest absolute Gasteiger partial charge is 0.493 e. The first-order chi connectivity index (χ1) is 13.8. The third kappa shape index (κ3) is 4.49. The number of rotatable bonds is 9. The normalized spacial score (nSPS) is 14.6. The van der Waals surface area contributed by atoms with E-state index in [-0.39, 0.29) is 0 Å². The molecule has 0 aliphatic carbocycles. The zero-order chi connectivity index (χ0) is 19.2. The lowest BCUT2D eigenvalue weighted by molar-refractivity contribution is 0.230. The molecule has 148 valence electrons. The summed E-state index contributed by atoms with van der Waals surface area (Å²) in [7, 11) is 1.70. The molecule has 1 fully saturated rings. The molecule has 0 bridgehead atoms. The molecule has 2 aromatic carbocycles. The Morgan fingerprint density at radius 1 is 1.04 bits per heavy atom. The SMILES string of the molecule is COc1cc(CNCc2cccc3[nH]ccc23)ccc1OCCN1CCCC1. The van der Waals surface area contributed by atoms with E-state index in [0.29, 0.717) is 6.61 Å². The van der Waals surface area contributed by atoms with Gasteiger partial charge in [-0.2, -0.15) is 0 Å². The van der Waals surface area contributed by atoms with Crippen molar-refractivity contribution in [3.05, 3.63) is 59.8 Å². The molecule has 0 amide bonds. The van der Waals surface area contributed by atoms with Crippen molar-refractivity contribution in [2.24, 2.45) is 0 Å². The van der Waals surface area contributed by atoms with Crippen molar-refractivity contribution in [2.75, 3.05) is 33.4 Å². The highest BCUT2D eigenvalue weighted by Gasteiger charge is 2.12. The summed E-state index contributed by atoms with van der Waals surface area (Å²) < 4.78 is 11.5. The number of nitrogens with zero attached hydrogens (tertiary/aromatic N) is 1. The van der Waals surface area contributed by atoms with Gasteiger partial charge in [-0.1, -0.05) is 18.2 Å². The number of methoxy groups -OCH3 is 1. The highest BCUT2D eigenvalue weighted by atomic mass is 16.5. The first kappa shape index (κ1) is 18.8. The number of aromatic nitrogens is 1. The summed E-state index contributed by atoms with van der Waals surface area (Å²) in [6, 6.07) is 14.7. The lowest BCUT2D eigenvalue weighted by atomic mass is 10.1. The summed E-state index contributed by atoms with van der Waals surface area (Å²) in [5.74, 6) is 1.62. The van der Waals surface area contributed by atoms with Crippen LogP contribution in [0.5, 0.6) is 11.5 Å². The van der Waals surface area contributed by atoms with E-state index in [4.69, 9.17) is 9.47 Å². The van der Waals surface area contributed by atoms with Gasteiger partial charge in [-0.3, -0.25) is 4.90 Å². The minimum atomic E-state index is 0.703. The number of nitrogens with one attached hydrogen (secondary N) is 2. The standard InChI is InChI=1S/C23H29N3O2/c1-27-23-15-18(7-8-22(23)28-14-13-26-11-2-3-12-26)16-24-17-19-5-4-6-21-20(19)9-10-25-21/h4-10,15,24-25H,2-3,11-14,16-17H2,1H3. The van der Waals surface area contributed by atoms with Crippen LogP contribution in [0.2, 0.25) is 0 Å². The van der Waals surface area contributed by atoms with Crippen LogP contribution < -0.4 is 14.8 Å². The summed E-state index contributed by atoms with van der Waals surface area (Å²) in [5, 5.41) is 4.81. The minimum absolute atomic E-state index is 0.703. The monoisotopic (exact) mass is 379 g/mol. The topological polar surface area (TPSA) is 49.5 Å². The summed E-state index contributed by atoms with van der Waals surface area (Å²) in [6.07, 6.45) is 4.61. The van der Waals surface area contributed by atoms with E-state index in [1.54, 1.807) is 7.11 Å². The van der Waals surface area contributed by atoms with Crippen LogP contribution in [0.3, 0.4) is 0 Å². The van der Waals surface area contributed by atoms with Crippen LogP contribution >= 0.6 is 0 Å². The fraction of sp³-hybridized carbons (Fsp3) is 0.391. The van der Waals surface area contributed by atoms with E-state index in [0.717, 1.165) is 31.1 Å². The van der Waals surface area contributed by atoms with Gasteiger partial charge >= 0.3 is 0 Å². The molecular formula is C23H29N3O2. The number of H-pyrrole nitrogens is 1. The van der Waals surface area contributed by atoms with Gasteiger partial charge in [0.25, 0.3) is 0 Å². The average molecular weight is 380 g/mol. The van der Waals surface area contributed by atoms with Gasteiger partial charge in [0.05, 0.1) is 7.11 Å². The average Bonchev–Trinajstić information content (AvgIpc) is 3.41. The quantitative estimate of drug-likeness (QED) is 0.591. The first-order valence-corrected chi connectivity index (χ1v) is 10.1. The second kappa shape index (κ2) is 9.13. The maximum atomic E-state index is 5.97. The van der Waals surface area contributed by atoms with E-state index < -0.39 is 0 Å². The molecule has 0 unspecified atom stereocenters. The molecule has 3 aromatic rings. The van der Waals surface area contributed by atoms with Gasteiger partial charge in [0.1, 0.15) is 6.61 Å². The molecular weight excluding hydrogens is 350 g/mol. The Hall–Kier alpha value is -2.50. The predicted molar refractivity (Wildman–Crippen MR) is 113 cm³/mol. The molecule has 2 heterocycles. The molecule has 1 aliphatic rings. The van der Waals surface area contributed by atoms with Gasteiger partial charge < -0.3 is 19.8 Å². The van der Waals surface area contributed by atoms with Crippen LogP contribution in [0, 0.1) is 0 Å². The number of hydrogen-bond donors (Lipinski definition) is 2. The molecule has 5 nitrogen and oxygen atoms in total. The molecule has 0 atom stereocenters. The molecule has 1 saturated heterocycles. The smallest absolute Gasteiger partial charge is 0.161 e. The van der Waals surface area contributed by atoms with Gasteiger partial charge in [0.2, 0.25) is 0 Å². The predicted octanol–water partition coefficient (Wildman–Crippen LogP) is 3.94. The van der Waals surface area contributed by atoms with Gasteiger partial charge in [-0.05, 0) is 61.3 Å². The summed E-state index contributed by atoms with van der Waals surface area (Å²) in [6.45, 7) is 5.69. The van der Waals surface area contributed by atoms with Crippen LogP contribution in [-0.4, -0.2) is 43.2 Å². The summed E-state index contributed by atoms with van der Waals surface area (Å²) in [5.41, 5.74) is 3.66. The molecule has 0 spiro atoms. The van der Waals surface area contributed by atoms with Crippen molar-refractivity contribution in [1.82, 2.24) is 15.2 Å². The van der Waals surface area contributed by atoms with E-state index in [2.05, 4.69) is 51.6 Å². The van der Waals surface area contributed by atoms with E-state index in [9.17, 15) is 0 Å². The van der Waals surface area contributed by atoms with Gasteiger partial charge in [0.15, 0.2) is 11.5 Å². The fourth-order valence-corrected chi connectivity index (χ4v) is 3.88. The number of aromatic amines is 1. The zero-order valence-corrected chi connectivity index (χ0v) is 16.5. The Kier molecular flexibility index (Phi) is 6.14. The Morgan fingerprint density at radius 3 is 2.79 bits per heavy atom. The molecule has 5 heteroatoms.